The molecule has 2 amide bonds. The van der Waals surface area contributed by atoms with Crippen LogP contribution < -0.4 is 10.0 Å². The SMILES string of the molecule is COC(C)(C)Cn1ccc(S(=O)(=O)NC(=O)Nc2c3c(cc4c2CCC4)CCC3)n1. The first-order chi connectivity index (χ1) is 14.2. The van der Waals surface area contributed by atoms with Crippen LogP contribution in [0.3, 0.4) is 0 Å². The summed E-state index contributed by atoms with van der Waals surface area (Å²) in [5.41, 5.74) is 5.15. The van der Waals surface area contributed by atoms with E-state index in [4.69, 9.17) is 4.74 Å². The number of rotatable bonds is 6. The molecule has 0 bridgehead atoms. The smallest absolute Gasteiger partial charge is 0.333 e. The summed E-state index contributed by atoms with van der Waals surface area (Å²) >= 11 is 0. The summed E-state index contributed by atoms with van der Waals surface area (Å²) < 4.78 is 34.3. The van der Waals surface area contributed by atoms with Gasteiger partial charge in [0.2, 0.25) is 0 Å². The molecular formula is C21H28N4O4S. The number of amides is 2. The molecule has 0 fully saturated rings. The molecule has 4 rings (SSSR count). The Morgan fingerprint density at radius 1 is 1.17 bits per heavy atom. The molecule has 1 aromatic heterocycles. The molecule has 0 unspecified atom stereocenters. The largest absolute Gasteiger partial charge is 0.377 e. The maximum atomic E-state index is 12.7. The predicted molar refractivity (Wildman–Crippen MR) is 113 cm³/mol. The Labute approximate surface area is 177 Å². The van der Waals surface area contributed by atoms with Gasteiger partial charge in [-0.2, -0.15) is 13.5 Å². The van der Waals surface area contributed by atoms with Crippen LogP contribution in [0.4, 0.5) is 10.5 Å². The number of sulfonamides is 1. The summed E-state index contributed by atoms with van der Waals surface area (Å²) in [7, 11) is -2.50. The summed E-state index contributed by atoms with van der Waals surface area (Å²) in [4.78, 5) is 12.6. The first-order valence-corrected chi connectivity index (χ1v) is 11.8. The number of nitrogens with one attached hydrogen (secondary N) is 2. The summed E-state index contributed by atoms with van der Waals surface area (Å²) in [5.74, 6) is 0. The molecule has 0 atom stereocenters. The zero-order valence-electron chi connectivity index (χ0n) is 17.6. The van der Waals surface area contributed by atoms with E-state index in [0.717, 1.165) is 55.3 Å². The third kappa shape index (κ3) is 4.09. The second-order valence-electron chi connectivity index (χ2n) is 8.61. The Morgan fingerprint density at radius 3 is 2.40 bits per heavy atom. The second kappa shape index (κ2) is 7.70. The normalized spacial score (nSPS) is 15.7. The maximum Gasteiger partial charge on any atom is 0.333 e. The number of urea groups is 1. The topological polar surface area (TPSA) is 102 Å². The van der Waals surface area contributed by atoms with Crippen LogP contribution in [0.2, 0.25) is 0 Å². The average molecular weight is 433 g/mol. The number of carbonyl (C=O) groups excluding carboxylic acids is 1. The van der Waals surface area contributed by atoms with Crippen LogP contribution in [0.15, 0.2) is 23.4 Å². The molecule has 2 aliphatic rings. The lowest BCUT2D eigenvalue weighted by Gasteiger charge is -2.22. The molecule has 0 saturated heterocycles. The number of aromatic nitrogens is 2. The molecule has 1 heterocycles. The van der Waals surface area contributed by atoms with E-state index in [-0.39, 0.29) is 5.03 Å². The van der Waals surface area contributed by atoms with E-state index >= 15 is 0 Å². The number of carbonyl (C=O) groups is 1. The van der Waals surface area contributed by atoms with Gasteiger partial charge in [0.15, 0.2) is 5.03 Å². The standard InChI is InChI=1S/C21H28N4O4S/c1-21(2,29-3)13-25-11-10-18(23-25)30(27,28)24-20(26)22-19-16-8-4-6-14(16)12-15-7-5-9-17(15)19/h10-12H,4-9,13H2,1-3H3,(H2,22,24,26). The van der Waals surface area contributed by atoms with Crippen LogP contribution in [0.1, 0.15) is 48.9 Å². The van der Waals surface area contributed by atoms with Crippen LogP contribution in [0.5, 0.6) is 0 Å². The number of methoxy groups -OCH3 is 1. The van der Waals surface area contributed by atoms with Crippen molar-refractivity contribution in [3.05, 3.63) is 40.6 Å². The Bertz CT molecular complexity index is 1060. The van der Waals surface area contributed by atoms with Gasteiger partial charge in [0.25, 0.3) is 10.0 Å². The highest BCUT2D eigenvalue weighted by Crippen LogP contribution is 2.38. The number of nitrogens with zero attached hydrogens (tertiary/aromatic N) is 2. The van der Waals surface area contributed by atoms with Crippen LogP contribution in [0, 0.1) is 0 Å². The number of ether oxygens (including phenoxy) is 1. The van der Waals surface area contributed by atoms with Gasteiger partial charge in [0.1, 0.15) is 0 Å². The van der Waals surface area contributed by atoms with Gasteiger partial charge in [0.05, 0.1) is 12.1 Å². The minimum atomic E-state index is -4.08. The van der Waals surface area contributed by atoms with Gasteiger partial charge in [0, 0.05) is 19.0 Å². The third-order valence-electron chi connectivity index (χ3n) is 5.93. The van der Waals surface area contributed by atoms with Gasteiger partial charge >= 0.3 is 6.03 Å². The molecule has 1 aromatic carbocycles. The molecule has 2 N–H and O–H groups in total. The molecule has 2 aliphatic carbocycles. The lowest BCUT2D eigenvalue weighted by molar-refractivity contribution is 0.00515. The van der Waals surface area contributed by atoms with E-state index < -0.39 is 21.7 Å². The molecule has 0 spiro atoms. The van der Waals surface area contributed by atoms with Crippen LogP contribution >= 0.6 is 0 Å². The van der Waals surface area contributed by atoms with E-state index in [1.54, 1.807) is 13.3 Å². The fraction of sp³-hybridized carbons (Fsp3) is 0.524. The van der Waals surface area contributed by atoms with Crippen LogP contribution in [-0.4, -0.2) is 36.9 Å². The van der Waals surface area contributed by atoms with Crippen LogP contribution in [0.25, 0.3) is 0 Å². The molecule has 0 saturated carbocycles. The number of hydrogen-bond donors (Lipinski definition) is 2. The van der Waals surface area contributed by atoms with Crippen molar-refractivity contribution in [1.82, 2.24) is 14.5 Å². The van der Waals surface area contributed by atoms with Crippen molar-refractivity contribution < 1.29 is 17.9 Å². The first-order valence-electron chi connectivity index (χ1n) is 10.3. The highest BCUT2D eigenvalue weighted by Gasteiger charge is 2.27. The van der Waals surface area contributed by atoms with Crippen molar-refractivity contribution in [3.8, 4) is 0 Å². The average Bonchev–Trinajstić information content (AvgIpc) is 3.40. The highest BCUT2D eigenvalue weighted by molar-refractivity contribution is 7.90. The molecule has 0 radical (unpaired) electrons. The van der Waals surface area contributed by atoms with E-state index in [1.165, 1.54) is 21.9 Å². The molecule has 8 nitrogen and oxygen atoms in total. The molecule has 2 aromatic rings. The summed E-state index contributed by atoms with van der Waals surface area (Å²) in [6.07, 6.45) is 7.50. The Morgan fingerprint density at radius 2 is 1.80 bits per heavy atom. The van der Waals surface area contributed by atoms with Gasteiger partial charge < -0.3 is 10.1 Å². The fourth-order valence-electron chi connectivity index (χ4n) is 4.31. The summed E-state index contributed by atoms with van der Waals surface area (Å²) in [6.45, 7) is 4.14. The molecular weight excluding hydrogens is 404 g/mol. The van der Waals surface area contributed by atoms with Gasteiger partial charge in [-0.05, 0) is 80.7 Å². The van der Waals surface area contributed by atoms with Gasteiger partial charge in [-0.15, -0.1) is 0 Å². The monoisotopic (exact) mass is 432 g/mol. The van der Waals surface area contributed by atoms with Crippen molar-refractivity contribution in [2.75, 3.05) is 12.4 Å². The van der Waals surface area contributed by atoms with Gasteiger partial charge in [-0.1, -0.05) is 6.07 Å². The Kier molecular flexibility index (Phi) is 5.36. The molecule has 30 heavy (non-hydrogen) atoms. The first kappa shape index (κ1) is 20.9. The number of aryl methyl sites for hydroxylation is 2. The highest BCUT2D eigenvalue weighted by atomic mass is 32.2. The van der Waals surface area contributed by atoms with E-state index in [0.29, 0.717) is 6.54 Å². The van der Waals surface area contributed by atoms with Crippen molar-refractivity contribution in [3.63, 3.8) is 0 Å². The lowest BCUT2D eigenvalue weighted by atomic mass is 9.99. The second-order valence-corrected chi connectivity index (χ2v) is 10.2. The number of hydrogen-bond acceptors (Lipinski definition) is 5. The number of fused-ring (bicyclic) bond motifs is 2. The Hall–Kier alpha value is -2.39. The fourth-order valence-corrected chi connectivity index (χ4v) is 5.16. The minimum absolute atomic E-state index is 0.201. The molecule has 9 heteroatoms. The molecule has 162 valence electrons. The van der Waals surface area contributed by atoms with E-state index in [9.17, 15) is 13.2 Å². The minimum Gasteiger partial charge on any atom is -0.377 e. The molecule has 0 aliphatic heterocycles. The van der Waals surface area contributed by atoms with Crippen LogP contribution in [-0.2, 0) is 47.0 Å². The van der Waals surface area contributed by atoms with E-state index in [2.05, 4.69) is 21.2 Å². The third-order valence-corrected chi connectivity index (χ3v) is 7.15. The van der Waals surface area contributed by atoms with Gasteiger partial charge in [-0.25, -0.2) is 9.52 Å². The Balaban J connectivity index is 1.51. The lowest BCUT2D eigenvalue weighted by Crippen LogP contribution is -2.35. The summed E-state index contributed by atoms with van der Waals surface area (Å²) in [5, 5.41) is 6.74. The van der Waals surface area contributed by atoms with Crippen molar-refractivity contribution >= 4 is 21.7 Å². The van der Waals surface area contributed by atoms with Crippen molar-refractivity contribution in [2.24, 2.45) is 0 Å². The predicted octanol–water partition coefficient (Wildman–Crippen LogP) is 2.80. The number of anilines is 1. The van der Waals surface area contributed by atoms with E-state index in [1.807, 2.05) is 13.8 Å². The van der Waals surface area contributed by atoms with Crippen molar-refractivity contribution in [2.45, 2.75) is 69.5 Å². The van der Waals surface area contributed by atoms with Gasteiger partial charge in [-0.3, -0.25) is 4.68 Å². The zero-order chi connectivity index (χ0) is 21.5. The van der Waals surface area contributed by atoms with Crippen molar-refractivity contribution in [1.29, 1.82) is 0 Å². The quantitative estimate of drug-likeness (QED) is 0.731. The number of benzene rings is 1. The summed E-state index contributed by atoms with van der Waals surface area (Å²) in [6, 6.07) is 2.88. The maximum absolute atomic E-state index is 12.7. The zero-order valence-corrected chi connectivity index (χ0v) is 18.4.